The van der Waals surface area contributed by atoms with Gasteiger partial charge in [-0.15, -0.1) is 0 Å². The molecule has 1 amide bonds. The Morgan fingerprint density at radius 3 is 2.75 bits per heavy atom. The van der Waals surface area contributed by atoms with Gasteiger partial charge in [-0.3, -0.25) is 9.69 Å². The van der Waals surface area contributed by atoms with Crippen molar-refractivity contribution in [1.29, 1.82) is 0 Å². The number of rotatable bonds is 2. The predicted octanol–water partition coefficient (Wildman–Crippen LogP) is 1.45. The fraction of sp³-hybridized carbons (Fsp3) is 0.333. The average molecular weight is 164 g/mol. The van der Waals surface area contributed by atoms with Gasteiger partial charge >= 0.3 is 0 Å². The lowest BCUT2D eigenvalue weighted by Gasteiger charge is -2.16. The van der Waals surface area contributed by atoms with Gasteiger partial charge in [0.1, 0.15) is 5.82 Å². The lowest BCUT2D eigenvalue weighted by atomic mass is 10.4. The van der Waals surface area contributed by atoms with Crippen molar-refractivity contribution in [3.63, 3.8) is 0 Å². The molecular weight excluding hydrogens is 152 g/mol. The highest BCUT2D eigenvalue weighted by Crippen LogP contribution is 2.08. The molecule has 0 aromatic carbocycles. The molecule has 3 nitrogen and oxygen atoms in total. The molecule has 1 aromatic heterocycles. The molecule has 0 atom stereocenters. The lowest BCUT2D eigenvalue weighted by Crippen LogP contribution is -2.28. The number of amides is 1. The Bertz CT molecular complexity index is 258. The highest BCUT2D eigenvalue weighted by Gasteiger charge is 2.08. The fourth-order valence-electron chi connectivity index (χ4n) is 1.06. The van der Waals surface area contributed by atoms with E-state index in [1.807, 2.05) is 25.1 Å². The maximum absolute atomic E-state index is 11.1. The van der Waals surface area contributed by atoms with E-state index in [-0.39, 0.29) is 5.91 Å². The average Bonchev–Trinajstić information content (AvgIpc) is 2.07. The first-order valence-corrected chi connectivity index (χ1v) is 3.95. The predicted molar refractivity (Wildman–Crippen MR) is 47.9 cm³/mol. The molecule has 0 radical (unpaired) electrons. The zero-order valence-electron chi connectivity index (χ0n) is 7.32. The Balaban J connectivity index is 2.88. The Morgan fingerprint density at radius 1 is 1.58 bits per heavy atom. The number of hydrogen-bond acceptors (Lipinski definition) is 2. The fourth-order valence-corrected chi connectivity index (χ4v) is 1.06. The van der Waals surface area contributed by atoms with Gasteiger partial charge in [0.05, 0.1) is 0 Å². The van der Waals surface area contributed by atoms with Gasteiger partial charge in [0.2, 0.25) is 5.91 Å². The third-order valence-electron chi connectivity index (χ3n) is 1.62. The van der Waals surface area contributed by atoms with Crippen LogP contribution in [-0.4, -0.2) is 17.4 Å². The van der Waals surface area contributed by atoms with Crippen molar-refractivity contribution in [2.24, 2.45) is 0 Å². The summed E-state index contributed by atoms with van der Waals surface area (Å²) < 4.78 is 0. The maximum Gasteiger partial charge on any atom is 0.225 e. The summed E-state index contributed by atoms with van der Waals surface area (Å²) in [4.78, 5) is 16.8. The van der Waals surface area contributed by atoms with Crippen LogP contribution in [0.4, 0.5) is 5.82 Å². The second-order valence-corrected chi connectivity index (χ2v) is 2.45. The van der Waals surface area contributed by atoms with Crippen LogP contribution < -0.4 is 4.90 Å². The van der Waals surface area contributed by atoms with Gasteiger partial charge < -0.3 is 0 Å². The number of carbonyl (C=O) groups is 1. The van der Waals surface area contributed by atoms with Crippen LogP contribution in [0.25, 0.3) is 0 Å². The summed E-state index contributed by atoms with van der Waals surface area (Å²) >= 11 is 0. The highest BCUT2D eigenvalue weighted by atomic mass is 16.2. The van der Waals surface area contributed by atoms with Crippen LogP contribution in [-0.2, 0) is 4.79 Å². The van der Waals surface area contributed by atoms with Crippen molar-refractivity contribution in [2.45, 2.75) is 13.8 Å². The number of aromatic nitrogens is 1. The molecule has 0 saturated carbocycles. The van der Waals surface area contributed by atoms with Gasteiger partial charge in [0.25, 0.3) is 0 Å². The van der Waals surface area contributed by atoms with Crippen molar-refractivity contribution in [3.8, 4) is 0 Å². The molecule has 0 aliphatic rings. The molecule has 0 aliphatic carbocycles. The van der Waals surface area contributed by atoms with Crippen LogP contribution in [0.2, 0.25) is 0 Å². The van der Waals surface area contributed by atoms with Crippen LogP contribution in [0.15, 0.2) is 24.4 Å². The largest absolute Gasteiger partial charge is 0.297 e. The minimum Gasteiger partial charge on any atom is -0.297 e. The van der Waals surface area contributed by atoms with E-state index in [1.165, 1.54) is 6.92 Å². The van der Waals surface area contributed by atoms with Gasteiger partial charge in [-0.05, 0) is 19.1 Å². The molecule has 1 rings (SSSR count). The Morgan fingerprint density at radius 2 is 2.33 bits per heavy atom. The minimum atomic E-state index is 0.0243. The zero-order chi connectivity index (χ0) is 8.97. The van der Waals surface area contributed by atoms with Crippen molar-refractivity contribution in [2.75, 3.05) is 11.4 Å². The first kappa shape index (κ1) is 8.71. The van der Waals surface area contributed by atoms with E-state index in [4.69, 9.17) is 0 Å². The van der Waals surface area contributed by atoms with Gasteiger partial charge in [0, 0.05) is 19.7 Å². The van der Waals surface area contributed by atoms with Gasteiger partial charge in [-0.2, -0.15) is 0 Å². The van der Waals surface area contributed by atoms with Crippen LogP contribution >= 0.6 is 0 Å². The Labute approximate surface area is 72.0 Å². The summed E-state index contributed by atoms with van der Waals surface area (Å²) in [6, 6.07) is 5.52. The van der Waals surface area contributed by atoms with Crippen molar-refractivity contribution >= 4 is 11.7 Å². The standard InChI is InChI=1S/C9H12N2O/c1-3-11(8(2)12)9-6-4-5-7-10-9/h4-7H,3H2,1-2H3. The smallest absolute Gasteiger partial charge is 0.225 e. The van der Waals surface area contributed by atoms with E-state index in [9.17, 15) is 4.79 Å². The Kier molecular flexibility index (Phi) is 2.80. The Hall–Kier alpha value is -1.38. The van der Waals surface area contributed by atoms with E-state index in [1.54, 1.807) is 11.1 Å². The summed E-state index contributed by atoms with van der Waals surface area (Å²) in [7, 11) is 0. The quantitative estimate of drug-likeness (QED) is 0.663. The second-order valence-electron chi connectivity index (χ2n) is 2.45. The number of carbonyl (C=O) groups excluding carboxylic acids is 1. The van der Waals surface area contributed by atoms with Crippen LogP contribution in [0, 0.1) is 0 Å². The number of nitrogens with zero attached hydrogens (tertiary/aromatic N) is 2. The second kappa shape index (κ2) is 3.85. The normalized spacial score (nSPS) is 9.50. The minimum absolute atomic E-state index is 0.0243. The summed E-state index contributed by atoms with van der Waals surface area (Å²) in [6.07, 6.45) is 1.68. The van der Waals surface area contributed by atoms with Crippen LogP contribution in [0.3, 0.4) is 0 Å². The summed E-state index contributed by atoms with van der Waals surface area (Å²) in [5.41, 5.74) is 0. The van der Waals surface area contributed by atoms with Crippen LogP contribution in [0.1, 0.15) is 13.8 Å². The monoisotopic (exact) mass is 164 g/mol. The van der Waals surface area contributed by atoms with E-state index in [2.05, 4.69) is 4.98 Å². The van der Waals surface area contributed by atoms with Gasteiger partial charge in [-0.25, -0.2) is 4.98 Å². The first-order chi connectivity index (χ1) is 5.75. The summed E-state index contributed by atoms with van der Waals surface area (Å²) in [5.74, 6) is 0.740. The van der Waals surface area contributed by atoms with Gasteiger partial charge in [0.15, 0.2) is 0 Å². The molecule has 3 heteroatoms. The van der Waals surface area contributed by atoms with Gasteiger partial charge in [-0.1, -0.05) is 6.07 Å². The molecule has 0 bridgehead atoms. The first-order valence-electron chi connectivity index (χ1n) is 3.95. The molecule has 1 aromatic rings. The van der Waals surface area contributed by atoms with E-state index < -0.39 is 0 Å². The van der Waals surface area contributed by atoms with Crippen molar-refractivity contribution in [1.82, 2.24) is 4.98 Å². The zero-order valence-corrected chi connectivity index (χ0v) is 7.32. The molecule has 0 N–H and O–H groups in total. The molecule has 0 aliphatic heterocycles. The van der Waals surface area contributed by atoms with Crippen LogP contribution in [0.5, 0.6) is 0 Å². The van der Waals surface area contributed by atoms with E-state index in [0.29, 0.717) is 12.4 Å². The highest BCUT2D eigenvalue weighted by molar-refractivity contribution is 5.90. The molecule has 0 fully saturated rings. The lowest BCUT2D eigenvalue weighted by molar-refractivity contribution is -0.116. The van der Waals surface area contributed by atoms with E-state index >= 15 is 0 Å². The number of pyridine rings is 1. The van der Waals surface area contributed by atoms with E-state index in [0.717, 1.165) is 0 Å². The number of anilines is 1. The summed E-state index contributed by atoms with van der Waals surface area (Å²) in [5, 5.41) is 0. The molecule has 64 valence electrons. The molecular formula is C9H12N2O. The number of hydrogen-bond donors (Lipinski definition) is 0. The molecule has 0 spiro atoms. The van der Waals surface area contributed by atoms with Crippen molar-refractivity contribution in [3.05, 3.63) is 24.4 Å². The third-order valence-corrected chi connectivity index (χ3v) is 1.62. The third kappa shape index (κ3) is 1.81. The molecule has 12 heavy (non-hydrogen) atoms. The molecule has 1 heterocycles. The summed E-state index contributed by atoms with van der Waals surface area (Å²) in [6.45, 7) is 4.13. The molecule has 0 saturated heterocycles. The SMILES string of the molecule is CCN(C(C)=O)c1ccccn1. The topological polar surface area (TPSA) is 33.2 Å². The maximum atomic E-state index is 11.1. The van der Waals surface area contributed by atoms with Crippen molar-refractivity contribution < 1.29 is 4.79 Å². The molecule has 0 unspecified atom stereocenters.